The van der Waals surface area contributed by atoms with E-state index < -0.39 is 30.2 Å². The minimum atomic E-state index is -1.02. The fourth-order valence-electron chi connectivity index (χ4n) is 6.00. The SMILES string of the molecule is O=C(NC1CC(=O)N(c2ccc([C@H]3O[C@@H](CN4CC[C@H](O)C4)C[C@@H](c4ccc(CO)cc4)O3)cc2)C1=O)OCc1ccccc1. The number of benzene rings is 3. The van der Waals surface area contributed by atoms with Crippen molar-refractivity contribution < 1.29 is 38.8 Å². The first-order valence-electron chi connectivity index (χ1n) is 15.2. The van der Waals surface area contributed by atoms with Crippen molar-refractivity contribution in [2.45, 2.75) is 63.1 Å². The van der Waals surface area contributed by atoms with Crippen molar-refractivity contribution in [3.8, 4) is 0 Å². The van der Waals surface area contributed by atoms with E-state index in [0.29, 0.717) is 25.2 Å². The van der Waals surface area contributed by atoms with Crippen LogP contribution in [-0.4, -0.2) is 70.9 Å². The van der Waals surface area contributed by atoms with Crippen LogP contribution >= 0.6 is 0 Å². The van der Waals surface area contributed by atoms with Gasteiger partial charge in [0.15, 0.2) is 6.29 Å². The number of imide groups is 1. The highest BCUT2D eigenvalue weighted by atomic mass is 16.7. The molecule has 3 N–H and O–H groups in total. The topological polar surface area (TPSA) is 138 Å². The molecule has 6 rings (SSSR count). The van der Waals surface area contributed by atoms with E-state index in [1.165, 1.54) is 0 Å². The van der Waals surface area contributed by atoms with Crippen LogP contribution in [0.25, 0.3) is 0 Å². The fourth-order valence-corrected chi connectivity index (χ4v) is 6.00. The summed E-state index contributed by atoms with van der Waals surface area (Å²) in [6.45, 7) is 2.07. The number of ether oxygens (including phenoxy) is 3. The number of hydrogen-bond acceptors (Lipinski definition) is 9. The molecular weight excluding hydrogens is 578 g/mol. The molecule has 0 spiro atoms. The average molecular weight is 616 g/mol. The average Bonchev–Trinajstić information content (AvgIpc) is 3.60. The van der Waals surface area contributed by atoms with Gasteiger partial charge in [0.2, 0.25) is 5.91 Å². The molecule has 0 bridgehead atoms. The summed E-state index contributed by atoms with van der Waals surface area (Å²) < 4.78 is 18.0. The van der Waals surface area contributed by atoms with Crippen LogP contribution in [0.5, 0.6) is 0 Å². The third kappa shape index (κ3) is 7.41. The lowest BCUT2D eigenvalue weighted by atomic mass is 9.99. The second-order valence-electron chi connectivity index (χ2n) is 11.7. The molecule has 3 amide bonds. The Bertz CT molecular complexity index is 1480. The van der Waals surface area contributed by atoms with Crippen molar-refractivity contribution in [1.29, 1.82) is 0 Å². The molecule has 3 saturated heterocycles. The number of β-amino-alcohol motifs (C(OH)–C–C–N with tert-alkyl or cyclic N) is 1. The summed E-state index contributed by atoms with van der Waals surface area (Å²) >= 11 is 0. The first-order chi connectivity index (χ1) is 21.9. The van der Waals surface area contributed by atoms with Crippen molar-refractivity contribution >= 4 is 23.6 Å². The second kappa shape index (κ2) is 13.9. The van der Waals surface area contributed by atoms with Gasteiger partial charge in [-0.05, 0) is 35.2 Å². The highest BCUT2D eigenvalue weighted by Gasteiger charge is 2.41. The van der Waals surface area contributed by atoms with Gasteiger partial charge in [-0.3, -0.25) is 14.5 Å². The molecule has 3 heterocycles. The predicted octanol–water partition coefficient (Wildman–Crippen LogP) is 3.35. The summed E-state index contributed by atoms with van der Waals surface area (Å²) in [6, 6.07) is 22.7. The third-order valence-corrected chi connectivity index (χ3v) is 8.40. The number of nitrogens with one attached hydrogen (secondary N) is 1. The number of amides is 3. The summed E-state index contributed by atoms with van der Waals surface area (Å²) in [6.07, 6.45) is -1.03. The van der Waals surface area contributed by atoms with E-state index in [-0.39, 0.29) is 37.9 Å². The third-order valence-electron chi connectivity index (χ3n) is 8.40. The molecule has 3 fully saturated rings. The molecule has 1 unspecified atom stereocenters. The molecule has 5 atom stereocenters. The van der Waals surface area contributed by atoms with Crippen LogP contribution < -0.4 is 10.2 Å². The lowest BCUT2D eigenvalue weighted by Crippen LogP contribution is -2.42. The quantitative estimate of drug-likeness (QED) is 0.310. The zero-order valence-corrected chi connectivity index (χ0v) is 24.8. The van der Waals surface area contributed by atoms with Crippen molar-refractivity contribution in [2.75, 3.05) is 24.5 Å². The number of rotatable bonds is 9. The monoisotopic (exact) mass is 615 g/mol. The Hall–Kier alpha value is -4.13. The smallest absolute Gasteiger partial charge is 0.408 e. The summed E-state index contributed by atoms with van der Waals surface area (Å²) in [7, 11) is 0. The Morgan fingerprint density at radius 3 is 2.36 bits per heavy atom. The molecule has 3 aromatic rings. The summed E-state index contributed by atoms with van der Waals surface area (Å²) in [5.41, 5.74) is 3.69. The maximum atomic E-state index is 13.1. The van der Waals surface area contributed by atoms with Crippen molar-refractivity contribution in [2.24, 2.45) is 0 Å². The van der Waals surface area contributed by atoms with E-state index >= 15 is 0 Å². The van der Waals surface area contributed by atoms with Gasteiger partial charge in [-0.25, -0.2) is 9.69 Å². The largest absolute Gasteiger partial charge is 0.445 e. The molecular formula is C34H37N3O8. The number of carbonyl (C=O) groups is 3. The van der Waals surface area contributed by atoms with Gasteiger partial charge in [-0.15, -0.1) is 0 Å². The molecule has 3 aromatic carbocycles. The van der Waals surface area contributed by atoms with E-state index in [2.05, 4.69) is 10.2 Å². The molecule has 0 aliphatic carbocycles. The Balaban J connectivity index is 1.12. The lowest BCUT2D eigenvalue weighted by molar-refractivity contribution is -0.252. The minimum absolute atomic E-state index is 0.0407. The Kier molecular flexibility index (Phi) is 9.53. The van der Waals surface area contributed by atoms with E-state index in [4.69, 9.17) is 14.2 Å². The van der Waals surface area contributed by atoms with E-state index in [1.54, 1.807) is 24.3 Å². The Labute approximate surface area is 261 Å². The molecule has 11 nitrogen and oxygen atoms in total. The minimum Gasteiger partial charge on any atom is -0.445 e. The van der Waals surface area contributed by atoms with E-state index in [9.17, 15) is 24.6 Å². The molecule has 0 aromatic heterocycles. The van der Waals surface area contributed by atoms with Crippen LogP contribution in [-0.2, 0) is 37.0 Å². The first-order valence-corrected chi connectivity index (χ1v) is 15.2. The molecule has 11 heteroatoms. The van der Waals surface area contributed by atoms with Gasteiger partial charge in [0, 0.05) is 31.6 Å². The predicted molar refractivity (Wildman–Crippen MR) is 163 cm³/mol. The summed E-state index contributed by atoms with van der Waals surface area (Å²) in [5, 5.41) is 22.0. The van der Waals surface area contributed by atoms with Crippen LogP contribution in [0, 0.1) is 0 Å². The molecule has 236 valence electrons. The highest BCUT2D eigenvalue weighted by Crippen LogP contribution is 2.39. The zero-order chi connectivity index (χ0) is 31.3. The number of carbonyl (C=O) groups excluding carboxylic acids is 3. The molecule has 0 radical (unpaired) electrons. The van der Waals surface area contributed by atoms with Gasteiger partial charge >= 0.3 is 6.09 Å². The highest BCUT2D eigenvalue weighted by molar-refractivity contribution is 6.22. The fraction of sp³-hybridized carbons (Fsp3) is 0.382. The summed E-state index contributed by atoms with van der Waals surface area (Å²) in [4.78, 5) is 41.6. The van der Waals surface area contributed by atoms with Crippen LogP contribution in [0.2, 0.25) is 0 Å². The van der Waals surface area contributed by atoms with Crippen LogP contribution in [0.15, 0.2) is 78.9 Å². The molecule has 0 saturated carbocycles. The molecule has 3 aliphatic heterocycles. The summed E-state index contributed by atoms with van der Waals surface area (Å²) in [5.74, 6) is -0.959. The van der Waals surface area contributed by atoms with E-state index in [0.717, 1.165) is 40.1 Å². The maximum Gasteiger partial charge on any atom is 0.408 e. The zero-order valence-electron chi connectivity index (χ0n) is 24.8. The maximum absolute atomic E-state index is 13.1. The van der Waals surface area contributed by atoms with Crippen molar-refractivity contribution in [1.82, 2.24) is 10.2 Å². The number of anilines is 1. The van der Waals surface area contributed by atoms with Gasteiger partial charge in [-0.1, -0.05) is 66.7 Å². The lowest BCUT2D eigenvalue weighted by Gasteiger charge is -2.38. The van der Waals surface area contributed by atoms with Crippen molar-refractivity contribution in [3.63, 3.8) is 0 Å². The van der Waals surface area contributed by atoms with Crippen molar-refractivity contribution in [3.05, 3.63) is 101 Å². The number of aliphatic hydroxyl groups is 2. The van der Waals surface area contributed by atoms with Crippen LogP contribution in [0.3, 0.4) is 0 Å². The molecule has 45 heavy (non-hydrogen) atoms. The van der Waals surface area contributed by atoms with Gasteiger partial charge in [0.05, 0.1) is 37.0 Å². The standard InChI is InChI=1S/C34H37N3O8/c38-20-22-6-8-24(9-7-22)30-16-28(19-36-15-14-27(39)18-36)44-33(45-30)25-10-12-26(13-11-25)37-31(40)17-29(32(37)41)35-34(42)43-21-23-4-2-1-3-5-23/h1-13,27-30,33,38-39H,14-21H2,(H,35,42)/t27-,28+,29?,30-,33-/m0/s1. The van der Waals surface area contributed by atoms with E-state index in [1.807, 2.05) is 54.6 Å². The normalized spacial score (nSPS) is 25.5. The second-order valence-corrected chi connectivity index (χ2v) is 11.7. The van der Waals surface area contributed by atoms with Crippen LogP contribution in [0.1, 0.15) is 53.9 Å². The van der Waals surface area contributed by atoms with Gasteiger partial charge in [0.25, 0.3) is 5.91 Å². The number of hydrogen-bond donors (Lipinski definition) is 3. The number of aliphatic hydroxyl groups excluding tert-OH is 2. The Morgan fingerprint density at radius 1 is 0.933 bits per heavy atom. The van der Waals surface area contributed by atoms with Gasteiger partial charge in [0.1, 0.15) is 12.6 Å². The van der Waals surface area contributed by atoms with Gasteiger partial charge in [-0.2, -0.15) is 0 Å². The number of nitrogens with zero attached hydrogens (tertiary/aromatic N) is 2. The van der Waals surface area contributed by atoms with Gasteiger partial charge < -0.3 is 29.7 Å². The number of alkyl carbamates (subject to hydrolysis) is 1. The molecule has 3 aliphatic rings. The Morgan fingerprint density at radius 2 is 1.67 bits per heavy atom. The first kappa shape index (κ1) is 30.9. The van der Waals surface area contributed by atoms with Crippen LogP contribution in [0.4, 0.5) is 10.5 Å². The number of likely N-dealkylation sites (tertiary alicyclic amines) is 1.